The number of hydrogen-bond acceptors (Lipinski definition) is 1. The topological polar surface area (TPSA) is 12.9 Å². The molecule has 2 aromatic carbocycles. The number of pyridine rings is 1. The summed E-state index contributed by atoms with van der Waals surface area (Å²) in [5.74, 6) is 0. The SMILES string of the molecule is Cc1[c-]c(-c2cc(C(C)(C)C)ccn2)ccc1.Cc1[c-]ccc(C)c1.[Ir]. The third-order valence-electron chi connectivity index (χ3n) is 3.94. The van der Waals surface area contributed by atoms with Crippen molar-refractivity contribution >= 4 is 0 Å². The van der Waals surface area contributed by atoms with E-state index in [1.807, 2.05) is 31.3 Å². The molecule has 0 bridgehead atoms. The minimum Gasteiger partial charge on any atom is -0.305 e. The zero-order chi connectivity index (χ0) is 18.4. The molecule has 26 heavy (non-hydrogen) atoms. The van der Waals surface area contributed by atoms with E-state index >= 15 is 0 Å². The van der Waals surface area contributed by atoms with Crippen molar-refractivity contribution in [3.8, 4) is 11.3 Å². The summed E-state index contributed by atoms with van der Waals surface area (Å²) < 4.78 is 0. The molecule has 1 aromatic heterocycles. The Labute approximate surface area is 172 Å². The van der Waals surface area contributed by atoms with Crippen LogP contribution in [0.25, 0.3) is 11.3 Å². The first-order chi connectivity index (χ1) is 11.8. The molecule has 0 aliphatic carbocycles. The predicted octanol–water partition coefficient (Wildman–Crippen LogP) is 6.26. The van der Waals surface area contributed by atoms with E-state index in [0.717, 1.165) is 16.8 Å². The molecule has 0 aliphatic rings. The fraction of sp³-hybridized carbons (Fsp3) is 0.292. The van der Waals surface area contributed by atoms with E-state index in [1.54, 1.807) is 0 Å². The maximum atomic E-state index is 4.43. The molecule has 139 valence electrons. The standard InChI is InChI=1S/C16H18N.C8H9.Ir/c1-12-6-5-7-13(10-12)15-11-14(8-9-17-15)16(2,3)4;1-7-4-3-5-8(2)6-7;/h5-9,11H,1-4H3;3-4,6H,1-2H3;/q2*-1;. The molecular weight excluding hydrogens is 494 g/mol. The third kappa shape index (κ3) is 6.86. The predicted molar refractivity (Wildman–Crippen MR) is 107 cm³/mol. The van der Waals surface area contributed by atoms with E-state index in [0.29, 0.717) is 0 Å². The summed E-state index contributed by atoms with van der Waals surface area (Å²) in [4.78, 5) is 4.43. The van der Waals surface area contributed by atoms with Crippen LogP contribution >= 0.6 is 0 Å². The molecule has 1 radical (unpaired) electrons. The molecule has 0 N–H and O–H groups in total. The molecule has 0 atom stereocenters. The Morgan fingerprint density at radius 3 is 2.15 bits per heavy atom. The number of nitrogens with zero attached hydrogens (tertiary/aromatic N) is 1. The minimum absolute atomic E-state index is 0. The fourth-order valence-electron chi connectivity index (χ4n) is 2.51. The minimum atomic E-state index is 0. The van der Waals surface area contributed by atoms with Crippen molar-refractivity contribution in [3.63, 3.8) is 0 Å². The zero-order valence-electron chi connectivity index (χ0n) is 16.5. The van der Waals surface area contributed by atoms with Gasteiger partial charge in [0.15, 0.2) is 0 Å². The molecule has 2 heteroatoms. The second-order valence-corrected chi connectivity index (χ2v) is 7.48. The first kappa shape index (κ1) is 22.3. The van der Waals surface area contributed by atoms with Crippen molar-refractivity contribution in [1.82, 2.24) is 4.98 Å². The van der Waals surface area contributed by atoms with Gasteiger partial charge in [-0.15, -0.1) is 35.4 Å². The summed E-state index contributed by atoms with van der Waals surface area (Å²) in [5.41, 5.74) is 7.19. The summed E-state index contributed by atoms with van der Waals surface area (Å²) in [6, 6.07) is 22.9. The van der Waals surface area contributed by atoms with Gasteiger partial charge in [0.05, 0.1) is 0 Å². The Bertz CT molecular complexity index is 814. The Morgan fingerprint density at radius 1 is 0.885 bits per heavy atom. The maximum Gasteiger partial charge on any atom is 0.0163 e. The van der Waals surface area contributed by atoms with Gasteiger partial charge in [-0.3, -0.25) is 0 Å². The molecule has 0 fully saturated rings. The molecule has 0 aliphatic heterocycles. The maximum absolute atomic E-state index is 4.43. The van der Waals surface area contributed by atoms with Crippen LogP contribution < -0.4 is 0 Å². The van der Waals surface area contributed by atoms with Gasteiger partial charge in [-0.1, -0.05) is 47.6 Å². The molecule has 0 spiro atoms. The van der Waals surface area contributed by atoms with Crippen molar-refractivity contribution in [3.05, 3.63) is 89.1 Å². The smallest absolute Gasteiger partial charge is 0.0163 e. The second-order valence-electron chi connectivity index (χ2n) is 7.48. The number of aryl methyl sites for hydroxylation is 3. The molecule has 0 saturated carbocycles. The van der Waals surface area contributed by atoms with Gasteiger partial charge in [0.2, 0.25) is 0 Å². The molecule has 1 nitrogen and oxygen atoms in total. The number of aromatic nitrogens is 1. The first-order valence-electron chi connectivity index (χ1n) is 8.66. The van der Waals surface area contributed by atoms with Crippen molar-refractivity contribution < 1.29 is 20.1 Å². The van der Waals surface area contributed by atoms with Crippen molar-refractivity contribution in [2.45, 2.75) is 47.0 Å². The number of benzene rings is 2. The van der Waals surface area contributed by atoms with Gasteiger partial charge in [-0.05, 0) is 22.7 Å². The summed E-state index contributed by atoms with van der Waals surface area (Å²) in [6.45, 7) is 12.8. The van der Waals surface area contributed by atoms with Gasteiger partial charge < -0.3 is 4.98 Å². The summed E-state index contributed by atoms with van der Waals surface area (Å²) in [5, 5.41) is 0. The average Bonchev–Trinajstić information content (AvgIpc) is 2.55. The number of hydrogen-bond donors (Lipinski definition) is 0. The molecule has 3 rings (SSSR count). The quantitative estimate of drug-likeness (QED) is 0.345. The Kier molecular flexibility index (Phi) is 8.40. The molecular formula is C24H27IrN-2. The average molecular weight is 522 g/mol. The first-order valence-corrected chi connectivity index (χ1v) is 8.66. The van der Waals surface area contributed by atoms with Gasteiger partial charge in [0.1, 0.15) is 0 Å². The van der Waals surface area contributed by atoms with Crippen LogP contribution in [0.3, 0.4) is 0 Å². The second kappa shape index (κ2) is 9.80. The van der Waals surface area contributed by atoms with Crippen LogP contribution in [0, 0.1) is 32.9 Å². The Balaban J connectivity index is 0.000000318. The molecule has 0 saturated heterocycles. The van der Waals surface area contributed by atoms with Crippen LogP contribution in [0.1, 0.15) is 43.0 Å². The van der Waals surface area contributed by atoms with Crippen LogP contribution in [0.2, 0.25) is 0 Å². The molecule has 1 heterocycles. The van der Waals surface area contributed by atoms with Crippen LogP contribution in [0.4, 0.5) is 0 Å². The third-order valence-corrected chi connectivity index (χ3v) is 3.94. The monoisotopic (exact) mass is 522 g/mol. The van der Waals surface area contributed by atoms with Gasteiger partial charge in [0, 0.05) is 26.3 Å². The molecule has 0 unspecified atom stereocenters. The summed E-state index contributed by atoms with van der Waals surface area (Å²) >= 11 is 0. The Hall–Kier alpha value is -1.76. The van der Waals surface area contributed by atoms with Crippen molar-refractivity contribution in [2.24, 2.45) is 0 Å². The van der Waals surface area contributed by atoms with Crippen LogP contribution in [-0.4, -0.2) is 4.98 Å². The van der Waals surface area contributed by atoms with E-state index in [2.05, 4.69) is 82.1 Å². The van der Waals surface area contributed by atoms with E-state index in [4.69, 9.17) is 0 Å². The molecule has 3 aromatic rings. The zero-order valence-corrected chi connectivity index (χ0v) is 18.9. The van der Waals surface area contributed by atoms with Crippen LogP contribution in [0.5, 0.6) is 0 Å². The van der Waals surface area contributed by atoms with Gasteiger partial charge >= 0.3 is 0 Å². The van der Waals surface area contributed by atoms with E-state index < -0.39 is 0 Å². The van der Waals surface area contributed by atoms with Crippen molar-refractivity contribution in [2.75, 3.05) is 0 Å². The Morgan fingerprint density at radius 2 is 1.62 bits per heavy atom. The van der Waals surface area contributed by atoms with Crippen molar-refractivity contribution in [1.29, 1.82) is 0 Å². The van der Waals surface area contributed by atoms with Gasteiger partial charge in [-0.25, -0.2) is 0 Å². The number of rotatable bonds is 1. The largest absolute Gasteiger partial charge is 0.305 e. The summed E-state index contributed by atoms with van der Waals surface area (Å²) in [6.07, 6.45) is 1.88. The van der Waals surface area contributed by atoms with Gasteiger partial charge in [0.25, 0.3) is 0 Å². The summed E-state index contributed by atoms with van der Waals surface area (Å²) in [7, 11) is 0. The van der Waals surface area contributed by atoms with Crippen LogP contribution in [-0.2, 0) is 25.5 Å². The fourth-order valence-corrected chi connectivity index (χ4v) is 2.51. The van der Waals surface area contributed by atoms with E-state index in [1.165, 1.54) is 16.7 Å². The molecule has 0 amide bonds. The van der Waals surface area contributed by atoms with E-state index in [9.17, 15) is 0 Å². The van der Waals surface area contributed by atoms with Crippen LogP contribution in [0.15, 0.2) is 54.7 Å². The normalized spacial score (nSPS) is 10.4. The van der Waals surface area contributed by atoms with E-state index in [-0.39, 0.29) is 25.5 Å². The van der Waals surface area contributed by atoms with Gasteiger partial charge in [-0.2, -0.15) is 35.4 Å².